The van der Waals surface area contributed by atoms with Crippen molar-refractivity contribution in [3.8, 4) is 5.75 Å². The topological polar surface area (TPSA) is 84.9 Å². The van der Waals surface area contributed by atoms with Crippen molar-refractivity contribution < 1.29 is 22.7 Å². The smallest absolute Gasteiger partial charge is 0.244 e. The van der Waals surface area contributed by atoms with Gasteiger partial charge in [-0.1, -0.05) is 12.1 Å². The van der Waals surface area contributed by atoms with Crippen LogP contribution >= 0.6 is 0 Å². The van der Waals surface area contributed by atoms with Crippen LogP contribution in [0.5, 0.6) is 5.75 Å². The van der Waals surface area contributed by atoms with Crippen LogP contribution < -0.4 is 9.46 Å². The molecule has 8 heteroatoms. The van der Waals surface area contributed by atoms with Gasteiger partial charge in [0.15, 0.2) is 0 Å². The molecule has 1 aromatic rings. The second-order valence-electron chi connectivity index (χ2n) is 7.77. The Morgan fingerprint density at radius 2 is 1.85 bits per heavy atom. The van der Waals surface area contributed by atoms with Gasteiger partial charge in [0.05, 0.1) is 6.61 Å². The number of hydrogen-bond acceptors (Lipinski definition) is 5. The first kappa shape index (κ1) is 18.7. The molecular weight excluding hydrogens is 368 g/mol. The molecule has 3 aliphatic heterocycles. The van der Waals surface area contributed by atoms with Crippen LogP contribution in [0.1, 0.15) is 25.7 Å². The number of carbonyl (C=O) groups excluding carboxylic acids is 1. The summed E-state index contributed by atoms with van der Waals surface area (Å²) in [4.78, 5) is 14.9. The number of fused-ring (bicyclic) bond motifs is 1. The Morgan fingerprint density at radius 1 is 1.15 bits per heavy atom. The fourth-order valence-electron chi connectivity index (χ4n) is 4.12. The minimum Gasteiger partial charge on any atom is -0.492 e. The van der Waals surface area contributed by atoms with Crippen molar-refractivity contribution in [3.63, 3.8) is 0 Å². The zero-order valence-electron chi connectivity index (χ0n) is 15.4. The van der Waals surface area contributed by atoms with Gasteiger partial charge < -0.3 is 14.4 Å². The molecule has 148 valence electrons. The molecule has 1 amide bonds. The van der Waals surface area contributed by atoms with Crippen molar-refractivity contribution in [2.24, 2.45) is 11.3 Å². The molecule has 0 bridgehead atoms. The van der Waals surface area contributed by atoms with E-state index in [0.717, 1.165) is 25.7 Å². The summed E-state index contributed by atoms with van der Waals surface area (Å²) in [5.74, 6) is 0.669. The van der Waals surface area contributed by atoms with Gasteiger partial charge >= 0.3 is 0 Å². The summed E-state index contributed by atoms with van der Waals surface area (Å²) >= 11 is 0. The van der Waals surface area contributed by atoms with E-state index in [2.05, 4.69) is 4.72 Å². The highest BCUT2D eigenvalue weighted by Gasteiger charge is 2.40. The number of carbonyl (C=O) groups is 1. The minimum absolute atomic E-state index is 0.0618. The highest BCUT2D eigenvalue weighted by molar-refractivity contribution is 7.89. The lowest BCUT2D eigenvalue weighted by atomic mass is 9.78. The monoisotopic (exact) mass is 394 g/mol. The molecule has 1 aromatic carbocycles. The van der Waals surface area contributed by atoms with Crippen molar-refractivity contribution in [1.82, 2.24) is 9.62 Å². The van der Waals surface area contributed by atoms with E-state index >= 15 is 0 Å². The highest BCUT2D eigenvalue weighted by Crippen LogP contribution is 2.36. The van der Waals surface area contributed by atoms with Gasteiger partial charge in [-0.25, -0.2) is 13.1 Å². The van der Waals surface area contributed by atoms with E-state index < -0.39 is 10.0 Å². The molecule has 3 heterocycles. The Morgan fingerprint density at radius 3 is 2.59 bits per heavy atom. The maximum absolute atomic E-state index is 12.7. The largest absolute Gasteiger partial charge is 0.492 e. The normalized spacial score (nSPS) is 25.1. The Kier molecular flexibility index (Phi) is 5.13. The third-order valence-electron chi connectivity index (χ3n) is 6.02. The summed E-state index contributed by atoms with van der Waals surface area (Å²) in [6, 6.07) is 6.72. The van der Waals surface area contributed by atoms with Gasteiger partial charge in [-0.05, 0) is 37.8 Å². The molecule has 0 aromatic heterocycles. The van der Waals surface area contributed by atoms with E-state index in [1.165, 1.54) is 0 Å². The Hall–Kier alpha value is -1.64. The molecule has 2 fully saturated rings. The lowest BCUT2D eigenvalue weighted by Crippen LogP contribution is -2.52. The zero-order chi connectivity index (χ0) is 18.9. The Labute approximate surface area is 160 Å². The molecule has 0 radical (unpaired) electrons. The second-order valence-corrected chi connectivity index (χ2v) is 9.51. The van der Waals surface area contributed by atoms with Crippen molar-refractivity contribution >= 4 is 15.9 Å². The lowest BCUT2D eigenvalue weighted by Gasteiger charge is -2.43. The number of likely N-dealkylation sites (tertiary alicyclic amines) is 1. The van der Waals surface area contributed by atoms with Crippen LogP contribution in [0.25, 0.3) is 0 Å². The zero-order valence-corrected chi connectivity index (χ0v) is 16.2. The van der Waals surface area contributed by atoms with Gasteiger partial charge in [0.25, 0.3) is 0 Å². The molecule has 2 saturated heterocycles. The van der Waals surface area contributed by atoms with Gasteiger partial charge in [0.1, 0.15) is 10.6 Å². The van der Waals surface area contributed by atoms with Crippen LogP contribution in [0.2, 0.25) is 0 Å². The molecule has 4 rings (SSSR count). The standard InChI is InChI=1S/C19H26N2O5S/c22-18(15-5-11-25-12-6-15)21-9-7-19(8-10-21)13-20-27(23,24)17-4-2-1-3-16(17)26-14-19/h1-4,15,20H,5-14H2. The average molecular weight is 394 g/mol. The van der Waals surface area contributed by atoms with E-state index in [1.807, 2.05) is 4.90 Å². The highest BCUT2D eigenvalue weighted by atomic mass is 32.2. The van der Waals surface area contributed by atoms with Crippen LogP contribution in [-0.4, -0.2) is 58.7 Å². The summed E-state index contributed by atoms with van der Waals surface area (Å²) < 4.78 is 39.2. The molecule has 0 saturated carbocycles. The number of ether oxygens (including phenoxy) is 2. The molecule has 1 spiro atoms. The van der Waals surface area contributed by atoms with Gasteiger partial charge in [-0.2, -0.15) is 0 Å². The van der Waals surface area contributed by atoms with Crippen LogP contribution in [0.3, 0.4) is 0 Å². The third-order valence-corrected chi connectivity index (χ3v) is 7.46. The van der Waals surface area contributed by atoms with Crippen molar-refractivity contribution in [3.05, 3.63) is 24.3 Å². The summed E-state index contributed by atoms with van der Waals surface area (Å²) in [7, 11) is -3.59. The third kappa shape index (κ3) is 3.83. The maximum Gasteiger partial charge on any atom is 0.244 e. The predicted molar refractivity (Wildman–Crippen MR) is 98.9 cm³/mol. The van der Waals surface area contributed by atoms with E-state index in [9.17, 15) is 13.2 Å². The quantitative estimate of drug-likeness (QED) is 0.778. The number of nitrogens with one attached hydrogen (secondary N) is 1. The number of amides is 1. The molecule has 3 aliphatic rings. The van der Waals surface area contributed by atoms with Crippen molar-refractivity contribution in [1.29, 1.82) is 0 Å². The summed E-state index contributed by atoms with van der Waals surface area (Å²) in [5, 5.41) is 0. The SMILES string of the molecule is O=C(C1CCOCC1)N1CCC2(CC1)CNS(=O)(=O)c1ccccc1OC2. The van der Waals surface area contributed by atoms with E-state index in [-0.39, 0.29) is 22.1 Å². The van der Waals surface area contributed by atoms with Gasteiger partial charge in [-0.3, -0.25) is 4.79 Å². The number of sulfonamides is 1. The molecular formula is C19H26N2O5S. The van der Waals surface area contributed by atoms with E-state index in [4.69, 9.17) is 9.47 Å². The van der Waals surface area contributed by atoms with Gasteiger partial charge in [0.2, 0.25) is 15.9 Å². The predicted octanol–water partition coefficient (Wildman–Crippen LogP) is 1.39. The van der Waals surface area contributed by atoms with Gasteiger partial charge in [-0.15, -0.1) is 0 Å². The molecule has 1 N–H and O–H groups in total. The Balaban J connectivity index is 1.44. The molecule has 0 unspecified atom stereocenters. The first-order chi connectivity index (χ1) is 13.0. The second kappa shape index (κ2) is 7.41. The fourth-order valence-corrected chi connectivity index (χ4v) is 5.43. The van der Waals surface area contributed by atoms with Gasteiger partial charge in [0, 0.05) is 44.2 Å². The van der Waals surface area contributed by atoms with Crippen LogP contribution in [0.15, 0.2) is 29.2 Å². The fraction of sp³-hybridized carbons (Fsp3) is 0.632. The lowest BCUT2D eigenvalue weighted by molar-refractivity contribution is -0.141. The number of piperidine rings is 1. The van der Waals surface area contributed by atoms with E-state index in [0.29, 0.717) is 45.2 Å². The molecule has 0 atom stereocenters. The van der Waals surface area contributed by atoms with Crippen molar-refractivity contribution in [2.45, 2.75) is 30.6 Å². The Bertz CT molecular complexity index is 796. The summed E-state index contributed by atoms with van der Waals surface area (Å²) in [5.41, 5.74) is -0.285. The first-order valence-electron chi connectivity index (χ1n) is 9.57. The molecule has 7 nitrogen and oxygen atoms in total. The number of rotatable bonds is 1. The molecule has 27 heavy (non-hydrogen) atoms. The molecule has 0 aliphatic carbocycles. The van der Waals surface area contributed by atoms with Crippen LogP contribution in [0.4, 0.5) is 0 Å². The first-order valence-corrected chi connectivity index (χ1v) is 11.1. The number of nitrogens with zero attached hydrogens (tertiary/aromatic N) is 1. The summed E-state index contributed by atoms with van der Waals surface area (Å²) in [6.45, 7) is 3.38. The number of para-hydroxylation sites is 1. The van der Waals surface area contributed by atoms with Crippen molar-refractivity contribution in [2.75, 3.05) is 39.5 Å². The van der Waals surface area contributed by atoms with Crippen LogP contribution in [-0.2, 0) is 19.6 Å². The maximum atomic E-state index is 12.7. The van der Waals surface area contributed by atoms with E-state index in [1.54, 1.807) is 24.3 Å². The summed E-state index contributed by atoms with van der Waals surface area (Å²) in [6.07, 6.45) is 3.04. The average Bonchev–Trinajstić information content (AvgIpc) is 2.71. The number of benzene rings is 1. The minimum atomic E-state index is -3.59. The van der Waals surface area contributed by atoms with Crippen LogP contribution in [0, 0.1) is 11.3 Å². The number of hydrogen-bond donors (Lipinski definition) is 1.